The van der Waals surface area contributed by atoms with Gasteiger partial charge in [0.15, 0.2) is 17.0 Å². The third-order valence-corrected chi connectivity index (χ3v) is 4.08. The van der Waals surface area contributed by atoms with Crippen molar-refractivity contribution >= 4 is 22.9 Å². The number of hydrogen-bond acceptors (Lipinski definition) is 8. The predicted molar refractivity (Wildman–Crippen MR) is 91.7 cm³/mol. The van der Waals surface area contributed by atoms with Gasteiger partial charge in [-0.3, -0.25) is 4.57 Å². The van der Waals surface area contributed by atoms with Gasteiger partial charge in [0, 0.05) is 24.9 Å². The van der Waals surface area contributed by atoms with Crippen molar-refractivity contribution in [2.45, 2.75) is 24.8 Å². The molecule has 0 spiro atoms. The first-order chi connectivity index (χ1) is 12.1. The van der Waals surface area contributed by atoms with Crippen LogP contribution in [-0.4, -0.2) is 57.0 Å². The number of aromatic nitrogens is 4. The van der Waals surface area contributed by atoms with Crippen molar-refractivity contribution < 1.29 is 9.84 Å². The van der Waals surface area contributed by atoms with Crippen LogP contribution in [0.3, 0.4) is 0 Å². The van der Waals surface area contributed by atoms with Crippen LogP contribution in [0.5, 0.6) is 0 Å². The second-order valence-electron chi connectivity index (χ2n) is 5.72. The molecule has 11 nitrogen and oxygen atoms in total. The summed E-state index contributed by atoms with van der Waals surface area (Å²) in [6, 6.07) is -0.459. The Kier molecular flexibility index (Phi) is 4.70. The molecule has 3 atom stereocenters. The lowest BCUT2D eigenvalue weighted by Crippen LogP contribution is -2.23. The van der Waals surface area contributed by atoms with Crippen molar-refractivity contribution in [3.05, 3.63) is 29.4 Å². The molecule has 0 aliphatic carbocycles. The number of azide groups is 1. The molecular formula is C14H19N9O2. The smallest absolute Gasteiger partial charge is 0.224 e. The van der Waals surface area contributed by atoms with Gasteiger partial charge in [-0.1, -0.05) is 11.2 Å². The first kappa shape index (κ1) is 17.0. The molecule has 1 saturated heterocycles. The number of rotatable bonds is 6. The monoisotopic (exact) mass is 345 g/mol. The molecule has 1 fully saturated rings. The number of nitrogens with two attached hydrogens (primary N) is 1. The fraction of sp³-hybridized carbons (Fsp3) is 0.500. The molecule has 1 aliphatic rings. The lowest BCUT2D eigenvalue weighted by atomic mass is 10.1. The molecule has 2 aromatic rings. The summed E-state index contributed by atoms with van der Waals surface area (Å²) in [5, 5.41) is 13.1. The van der Waals surface area contributed by atoms with Crippen molar-refractivity contribution in [1.82, 2.24) is 19.5 Å². The molecule has 132 valence electrons. The van der Waals surface area contributed by atoms with Gasteiger partial charge in [0.1, 0.15) is 6.23 Å². The fourth-order valence-corrected chi connectivity index (χ4v) is 2.91. The Morgan fingerprint density at radius 3 is 3.12 bits per heavy atom. The van der Waals surface area contributed by atoms with E-state index in [1.807, 2.05) is 11.9 Å². The van der Waals surface area contributed by atoms with E-state index in [4.69, 9.17) is 16.0 Å². The van der Waals surface area contributed by atoms with Gasteiger partial charge < -0.3 is 20.5 Å². The van der Waals surface area contributed by atoms with E-state index >= 15 is 0 Å². The van der Waals surface area contributed by atoms with Crippen LogP contribution in [0.1, 0.15) is 12.6 Å². The molecule has 0 saturated carbocycles. The number of ether oxygens (including phenoxy) is 1. The summed E-state index contributed by atoms with van der Waals surface area (Å²) in [4.78, 5) is 17.6. The zero-order valence-electron chi connectivity index (χ0n) is 13.7. The maximum atomic E-state index is 9.42. The minimum atomic E-state index is -0.569. The van der Waals surface area contributed by atoms with E-state index in [1.165, 1.54) is 0 Å². The summed E-state index contributed by atoms with van der Waals surface area (Å²) in [5.41, 5.74) is 15.6. The van der Waals surface area contributed by atoms with Gasteiger partial charge in [-0.15, -0.1) is 6.58 Å². The third-order valence-electron chi connectivity index (χ3n) is 4.08. The number of likely N-dealkylation sites (N-methyl/N-ethyl adjacent to an activating group) is 1. The summed E-state index contributed by atoms with van der Waals surface area (Å²) < 4.78 is 7.51. The summed E-state index contributed by atoms with van der Waals surface area (Å²) >= 11 is 0. The van der Waals surface area contributed by atoms with Crippen molar-refractivity contribution in [2.75, 3.05) is 30.8 Å². The maximum Gasteiger partial charge on any atom is 0.224 e. The molecule has 25 heavy (non-hydrogen) atoms. The molecule has 0 unspecified atom stereocenters. The van der Waals surface area contributed by atoms with Crippen molar-refractivity contribution in [3.63, 3.8) is 0 Å². The van der Waals surface area contributed by atoms with Gasteiger partial charge >= 0.3 is 0 Å². The quantitative estimate of drug-likeness (QED) is 0.343. The number of nitrogen functional groups attached to an aromatic ring is 1. The topological polar surface area (TPSA) is 151 Å². The largest absolute Gasteiger partial charge is 0.394 e. The minimum absolute atomic E-state index is 0.114. The Morgan fingerprint density at radius 1 is 1.64 bits per heavy atom. The molecular weight excluding hydrogens is 326 g/mol. The first-order valence-electron chi connectivity index (χ1n) is 7.71. The van der Waals surface area contributed by atoms with Gasteiger partial charge in [0.25, 0.3) is 0 Å². The van der Waals surface area contributed by atoms with Gasteiger partial charge in [-0.2, -0.15) is 9.97 Å². The Morgan fingerprint density at radius 2 is 2.44 bits per heavy atom. The van der Waals surface area contributed by atoms with Gasteiger partial charge in [0.2, 0.25) is 5.95 Å². The number of fused-ring (bicyclic) bond motifs is 1. The highest BCUT2D eigenvalue weighted by Gasteiger charge is 2.36. The number of nitrogens with zero attached hydrogens (tertiary/aromatic N) is 8. The van der Waals surface area contributed by atoms with E-state index in [-0.39, 0.29) is 12.6 Å². The normalized spacial score (nSPS) is 22.7. The highest BCUT2D eigenvalue weighted by molar-refractivity contribution is 5.84. The molecule has 3 heterocycles. The molecule has 1 aliphatic heterocycles. The van der Waals surface area contributed by atoms with Crippen LogP contribution in [0.15, 0.2) is 24.1 Å². The van der Waals surface area contributed by atoms with E-state index in [0.717, 1.165) is 0 Å². The van der Waals surface area contributed by atoms with E-state index in [2.05, 4.69) is 31.6 Å². The second kappa shape index (κ2) is 6.93. The maximum absolute atomic E-state index is 9.42. The number of anilines is 2. The molecule has 0 radical (unpaired) electrons. The Balaban J connectivity index is 2.01. The van der Waals surface area contributed by atoms with Crippen LogP contribution < -0.4 is 10.6 Å². The van der Waals surface area contributed by atoms with Crippen LogP contribution in [0.2, 0.25) is 0 Å². The molecule has 3 N–H and O–H groups in total. The molecule has 0 aromatic carbocycles. The number of aliphatic hydroxyl groups is 1. The van der Waals surface area contributed by atoms with Crippen LogP contribution >= 0.6 is 0 Å². The lowest BCUT2D eigenvalue weighted by Gasteiger charge is -2.17. The summed E-state index contributed by atoms with van der Waals surface area (Å²) in [7, 11) is 1.85. The molecule has 0 amide bonds. The SMILES string of the molecule is C=CCN(C)c1nc(N)nc2c1ncn2[C@H]1C[C@@H](N=[N+]=[N-])[C@@H](CO)O1. The number of aliphatic hydroxyl groups excluding tert-OH is 1. The van der Waals surface area contributed by atoms with Crippen molar-refractivity contribution in [2.24, 2.45) is 5.11 Å². The van der Waals surface area contributed by atoms with E-state index in [1.54, 1.807) is 17.0 Å². The Hall–Kier alpha value is -2.88. The summed E-state index contributed by atoms with van der Waals surface area (Å²) in [5.74, 6) is 0.702. The Bertz CT molecular complexity index is 829. The lowest BCUT2D eigenvalue weighted by molar-refractivity contribution is -0.0232. The minimum Gasteiger partial charge on any atom is -0.394 e. The van der Waals surface area contributed by atoms with Gasteiger partial charge in [-0.25, -0.2) is 4.98 Å². The van der Waals surface area contributed by atoms with Crippen molar-refractivity contribution in [1.29, 1.82) is 0 Å². The molecule has 3 rings (SSSR count). The van der Waals surface area contributed by atoms with Crippen LogP contribution in [0.4, 0.5) is 11.8 Å². The second-order valence-corrected chi connectivity index (χ2v) is 5.72. The zero-order chi connectivity index (χ0) is 18.0. The molecule has 0 bridgehead atoms. The van der Waals surface area contributed by atoms with Gasteiger partial charge in [0.05, 0.1) is 25.1 Å². The van der Waals surface area contributed by atoms with Crippen LogP contribution in [0, 0.1) is 0 Å². The molecule has 11 heteroatoms. The third kappa shape index (κ3) is 3.07. The highest BCUT2D eigenvalue weighted by atomic mass is 16.5. The zero-order valence-corrected chi connectivity index (χ0v) is 13.7. The first-order valence-corrected chi connectivity index (χ1v) is 7.71. The predicted octanol–water partition coefficient (Wildman–Crippen LogP) is 0.989. The average Bonchev–Trinajstić information content (AvgIpc) is 3.18. The van der Waals surface area contributed by atoms with E-state index < -0.39 is 18.4 Å². The van der Waals surface area contributed by atoms with Crippen LogP contribution in [-0.2, 0) is 4.74 Å². The van der Waals surface area contributed by atoms with Crippen LogP contribution in [0.25, 0.3) is 21.6 Å². The Labute approximate surface area is 143 Å². The van der Waals surface area contributed by atoms with E-state index in [0.29, 0.717) is 29.9 Å². The fourth-order valence-electron chi connectivity index (χ4n) is 2.91. The highest BCUT2D eigenvalue weighted by Crippen LogP contribution is 2.34. The summed E-state index contributed by atoms with van der Waals surface area (Å²) in [6.45, 7) is 4.05. The molecule has 2 aromatic heterocycles. The van der Waals surface area contributed by atoms with E-state index in [9.17, 15) is 5.11 Å². The van der Waals surface area contributed by atoms with Crippen molar-refractivity contribution in [3.8, 4) is 0 Å². The number of hydrogen-bond donors (Lipinski definition) is 2. The van der Waals surface area contributed by atoms with Gasteiger partial charge in [-0.05, 0) is 5.53 Å². The standard InChI is InChI=1S/C14H19N9O2/c1-3-4-22(2)12-11-13(19-14(15)18-12)23(7-17-11)10-5-8(20-21-16)9(6-24)25-10/h3,7-10,24H,1,4-6H2,2H3,(H2,15,18,19)/t8-,9-,10-/m1/s1. The number of imidazole rings is 1. The average molecular weight is 345 g/mol. The summed E-state index contributed by atoms with van der Waals surface area (Å²) in [6.07, 6.45) is 2.70.